The van der Waals surface area contributed by atoms with Crippen molar-refractivity contribution in [2.75, 3.05) is 26.2 Å². The van der Waals surface area contributed by atoms with Crippen LogP contribution in [0.4, 0.5) is 0 Å². The van der Waals surface area contributed by atoms with E-state index in [1.807, 2.05) is 25.1 Å². The lowest BCUT2D eigenvalue weighted by atomic mass is 10.2. The molecular formula is C23H28ClN3O. The van der Waals surface area contributed by atoms with Crippen LogP contribution in [0, 0.1) is 6.92 Å². The van der Waals surface area contributed by atoms with Crippen LogP contribution in [0.15, 0.2) is 42.5 Å². The zero-order valence-electron chi connectivity index (χ0n) is 16.5. The number of halogens is 1. The molecule has 2 aromatic carbocycles. The summed E-state index contributed by atoms with van der Waals surface area (Å²) in [5.74, 6) is 2.03. The maximum absolute atomic E-state index is 6.11. The topological polar surface area (TPSA) is 30.3 Å². The highest BCUT2D eigenvalue weighted by molar-refractivity contribution is 6.31. The highest BCUT2D eigenvalue weighted by Gasteiger charge is 2.13. The van der Waals surface area contributed by atoms with Crippen molar-refractivity contribution in [1.29, 1.82) is 0 Å². The van der Waals surface area contributed by atoms with Gasteiger partial charge in [0, 0.05) is 11.4 Å². The Bertz CT molecular complexity index is 931. The van der Waals surface area contributed by atoms with E-state index in [-0.39, 0.29) is 0 Å². The number of nitrogens with zero attached hydrogens (tertiary/aromatic N) is 3. The minimum atomic E-state index is 0.612. The molecule has 0 radical (unpaired) electrons. The van der Waals surface area contributed by atoms with Crippen LogP contribution >= 0.6 is 11.6 Å². The van der Waals surface area contributed by atoms with Gasteiger partial charge < -0.3 is 14.2 Å². The number of para-hydroxylation sites is 2. The maximum Gasteiger partial charge on any atom is 0.119 e. The van der Waals surface area contributed by atoms with Crippen LogP contribution in [0.3, 0.4) is 0 Å². The van der Waals surface area contributed by atoms with E-state index in [2.05, 4.69) is 33.7 Å². The summed E-state index contributed by atoms with van der Waals surface area (Å²) in [4.78, 5) is 7.47. The summed E-state index contributed by atoms with van der Waals surface area (Å²) in [6.45, 7) is 7.08. The van der Waals surface area contributed by atoms with Gasteiger partial charge in [0.05, 0.1) is 17.6 Å². The molecule has 1 aliphatic heterocycles. The van der Waals surface area contributed by atoms with Gasteiger partial charge >= 0.3 is 0 Å². The van der Waals surface area contributed by atoms with Gasteiger partial charge in [-0.05, 0) is 81.7 Å². The van der Waals surface area contributed by atoms with Gasteiger partial charge in [0.2, 0.25) is 0 Å². The molecule has 148 valence electrons. The Kier molecular flexibility index (Phi) is 6.18. The van der Waals surface area contributed by atoms with Crippen molar-refractivity contribution in [3.05, 3.63) is 58.9 Å². The van der Waals surface area contributed by atoms with Gasteiger partial charge in [-0.25, -0.2) is 4.98 Å². The Balaban J connectivity index is 1.42. The van der Waals surface area contributed by atoms with Crippen molar-refractivity contribution < 1.29 is 4.74 Å². The summed E-state index contributed by atoms with van der Waals surface area (Å²) in [5, 5.41) is 0.772. The number of benzene rings is 2. The van der Waals surface area contributed by atoms with Crippen molar-refractivity contribution >= 4 is 22.6 Å². The van der Waals surface area contributed by atoms with E-state index in [0.717, 1.165) is 47.1 Å². The quantitative estimate of drug-likeness (QED) is 0.529. The lowest BCUT2D eigenvalue weighted by Crippen LogP contribution is -2.21. The van der Waals surface area contributed by atoms with Gasteiger partial charge in [0.15, 0.2) is 0 Å². The van der Waals surface area contributed by atoms with E-state index in [0.29, 0.717) is 6.61 Å². The molecule has 2 heterocycles. The molecule has 0 unspecified atom stereocenters. The second-order valence-corrected chi connectivity index (χ2v) is 7.99. The van der Waals surface area contributed by atoms with Crippen molar-refractivity contribution in [3.63, 3.8) is 0 Å². The molecule has 0 amide bonds. The van der Waals surface area contributed by atoms with Crippen LogP contribution in [0.1, 0.15) is 30.7 Å². The van der Waals surface area contributed by atoms with Crippen molar-refractivity contribution in [2.24, 2.45) is 0 Å². The van der Waals surface area contributed by atoms with E-state index < -0.39 is 0 Å². The number of fused-ring (bicyclic) bond motifs is 1. The number of ether oxygens (including phenoxy) is 1. The number of hydrogen-bond donors (Lipinski definition) is 0. The summed E-state index contributed by atoms with van der Waals surface area (Å²) in [5.41, 5.74) is 3.30. The first-order chi connectivity index (χ1) is 13.7. The first kappa shape index (κ1) is 19.3. The normalized spacial score (nSPS) is 14.8. The Morgan fingerprint density at radius 1 is 1.07 bits per heavy atom. The fraction of sp³-hybridized carbons (Fsp3) is 0.435. The predicted octanol–water partition coefficient (Wildman–Crippen LogP) is 5.11. The Morgan fingerprint density at radius 2 is 1.89 bits per heavy atom. The van der Waals surface area contributed by atoms with Crippen LogP contribution in [0.5, 0.6) is 5.75 Å². The molecule has 0 N–H and O–H groups in total. The average molecular weight is 398 g/mol. The summed E-state index contributed by atoms with van der Waals surface area (Å²) in [6.07, 6.45) is 4.85. The third-order valence-corrected chi connectivity index (χ3v) is 5.94. The maximum atomic E-state index is 6.11. The molecule has 0 atom stereocenters. The first-order valence-corrected chi connectivity index (χ1v) is 10.6. The Hall–Kier alpha value is -2.04. The lowest BCUT2D eigenvalue weighted by Gasteiger charge is -2.15. The molecule has 0 bridgehead atoms. The molecule has 5 heteroatoms. The molecule has 1 aliphatic rings. The fourth-order valence-electron chi connectivity index (χ4n) is 3.99. The van der Waals surface area contributed by atoms with Gasteiger partial charge in [0.1, 0.15) is 18.2 Å². The van der Waals surface area contributed by atoms with Crippen molar-refractivity contribution in [3.8, 4) is 5.75 Å². The second kappa shape index (κ2) is 8.97. The lowest BCUT2D eigenvalue weighted by molar-refractivity contribution is 0.296. The Labute approximate surface area is 172 Å². The molecule has 4 nitrogen and oxygen atoms in total. The minimum Gasteiger partial charge on any atom is -0.492 e. The van der Waals surface area contributed by atoms with Gasteiger partial charge in [0.25, 0.3) is 0 Å². The molecule has 0 aliphatic carbocycles. The molecule has 0 spiro atoms. The second-order valence-electron chi connectivity index (χ2n) is 7.58. The van der Waals surface area contributed by atoms with Crippen LogP contribution in [0.25, 0.3) is 11.0 Å². The summed E-state index contributed by atoms with van der Waals surface area (Å²) >= 11 is 6.11. The van der Waals surface area contributed by atoms with E-state index in [1.165, 1.54) is 38.0 Å². The van der Waals surface area contributed by atoms with Gasteiger partial charge in [-0.15, -0.1) is 0 Å². The molecule has 1 saturated heterocycles. The third kappa shape index (κ3) is 4.50. The summed E-state index contributed by atoms with van der Waals surface area (Å²) < 4.78 is 8.31. The predicted molar refractivity (Wildman–Crippen MR) is 115 cm³/mol. The molecule has 3 aromatic rings. The van der Waals surface area contributed by atoms with E-state index in [4.69, 9.17) is 21.3 Å². The fourth-order valence-corrected chi connectivity index (χ4v) is 4.11. The monoisotopic (exact) mass is 397 g/mol. The molecule has 28 heavy (non-hydrogen) atoms. The molecule has 0 saturated carbocycles. The largest absolute Gasteiger partial charge is 0.492 e. The first-order valence-electron chi connectivity index (χ1n) is 10.3. The van der Waals surface area contributed by atoms with Gasteiger partial charge in [-0.1, -0.05) is 23.7 Å². The van der Waals surface area contributed by atoms with Crippen LogP contribution < -0.4 is 4.74 Å². The highest BCUT2D eigenvalue weighted by atomic mass is 35.5. The number of likely N-dealkylation sites (tertiary alicyclic amines) is 1. The standard InChI is InChI=1S/C23H28ClN3O/c1-18-17-19(10-11-20(18)24)28-16-15-27-22-8-3-2-7-21(22)25-23(27)9-6-14-26-12-4-5-13-26/h2-3,7-8,10-11,17H,4-6,9,12-16H2,1H3. The summed E-state index contributed by atoms with van der Waals surface area (Å²) in [7, 11) is 0. The molecule has 1 fully saturated rings. The molecule has 4 rings (SSSR count). The minimum absolute atomic E-state index is 0.612. The number of rotatable bonds is 8. The Morgan fingerprint density at radius 3 is 2.71 bits per heavy atom. The van der Waals surface area contributed by atoms with Crippen molar-refractivity contribution in [2.45, 2.75) is 39.2 Å². The van der Waals surface area contributed by atoms with Crippen LogP contribution in [0.2, 0.25) is 5.02 Å². The average Bonchev–Trinajstić information content (AvgIpc) is 3.33. The molecule has 1 aromatic heterocycles. The highest BCUT2D eigenvalue weighted by Crippen LogP contribution is 2.22. The number of aryl methyl sites for hydroxylation is 2. The molecular weight excluding hydrogens is 370 g/mol. The van der Waals surface area contributed by atoms with E-state index >= 15 is 0 Å². The number of imidazole rings is 1. The third-order valence-electron chi connectivity index (χ3n) is 5.52. The SMILES string of the molecule is Cc1cc(OCCn2c(CCCN3CCCC3)nc3ccccc32)ccc1Cl. The van der Waals surface area contributed by atoms with Crippen molar-refractivity contribution in [1.82, 2.24) is 14.5 Å². The van der Waals surface area contributed by atoms with Gasteiger partial charge in [-0.3, -0.25) is 0 Å². The van der Waals surface area contributed by atoms with Crippen LogP contribution in [-0.4, -0.2) is 40.7 Å². The zero-order chi connectivity index (χ0) is 19.3. The van der Waals surface area contributed by atoms with E-state index in [1.54, 1.807) is 0 Å². The number of aromatic nitrogens is 2. The van der Waals surface area contributed by atoms with E-state index in [9.17, 15) is 0 Å². The smallest absolute Gasteiger partial charge is 0.119 e. The summed E-state index contributed by atoms with van der Waals surface area (Å²) in [6, 6.07) is 14.2. The van der Waals surface area contributed by atoms with Crippen LogP contribution in [-0.2, 0) is 13.0 Å². The zero-order valence-corrected chi connectivity index (χ0v) is 17.3. The van der Waals surface area contributed by atoms with Gasteiger partial charge in [-0.2, -0.15) is 0 Å². The number of hydrogen-bond acceptors (Lipinski definition) is 3.